The summed E-state index contributed by atoms with van der Waals surface area (Å²) in [6, 6.07) is 21.7. The van der Waals surface area contributed by atoms with E-state index in [1.165, 1.54) is 11.1 Å². The first-order valence-corrected chi connectivity index (χ1v) is 14.3. The number of aliphatic carboxylic acids is 1. The number of rotatable bonds is 14. The van der Waals surface area contributed by atoms with Gasteiger partial charge < -0.3 is 14.9 Å². The summed E-state index contributed by atoms with van der Waals surface area (Å²) in [6.45, 7) is 0.469. The zero-order chi connectivity index (χ0) is 28.3. The van der Waals surface area contributed by atoms with E-state index >= 15 is 0 Å². The number of para-hydroxylation sites is 1. The molecule has 0 amide bonds. The van der Waals surface area contributed by atoms with Gasteiger partial charge in [0.1, 0.15) is 12.4 Å². The molecule has 208 valence electrons. The number of terminal acetylenes is 1. The number of aromatic carboxylic acids is 1. The zero-order valence-electron chi connectivity index (χ0n) is 23.0. The number of ether oxygens (including phenoxy) is 1. The minimum atomic E-state index is -0.886. The second-order valence-corrected chi connectivity index (χ2v) is 10.7. The minimum absolute atomic E-state index is 0.213. The molecule has 5 heteroatoms. The number of hydrogen-bond donors (Lipinski definition) is 2. The lowest BCUT2D eigenvalue weighted by atomic mass is 9.72. The van der Waals surface area contributed by atoms with Crippen molar-refractivity contribution < 1.29 is 24.5 Å². The molecule has 0 heterocycles. The second kappa shape index (κ2) is 14.4. The van der Waals surface area contributed by atoms with Crippen LogP contribution in [0.2, 0.25) is 0 Å². The van der Waals surface area contributed by atoms with E-state index in [0.717, 1.165) is 73.8 Å². The summed E-state index contributed by atoms with van der Waals surface area (Å²) >= 11 is 0. The Kier molecular flexibility index (Phi) is 10.4. The van der Waals surface area contributed by atoms with E-state index in [4.69, 9.17) is 16.3 Å². The predicted molar refractivity (Wildman–Crippen MR) is 157 cm³/mol. The molecule has 0 spiro atoms. The Balaban J connectivity index is 1.47. The maximum Gasteiger partial charge on any atom is 0.335 e. The number of unbranched alkanes of at least 4 members (excludes halogenated alkanes) is 2. The number of fused-ring (bicyclic) bond motifs is 1. The normalized spacial score (nSPS) is 15.0. The Labute approximate surface area is 237 Å². The van der Waals surface area contributed by atoms with Crippen molar-refractivity contribution in [2.24, 2.45) is 5.92 Å². The van der Waals surface area contributed by atoms with E-state index in [2.05, 4.69) is 12.0 Å². The summed E-state index contributed by atoms with van der Waals surface area (Å²) in [5, 5.41) is 18.5. The predicted octanol–water partition coefficient (Wildman–Crippen LogP) is 7.65. The van der Waals surface area contributed by atoms with Crippen molar-refractivity contribution in [2.75, 3.05) is 0 Å². The van der Waals surface area contributed by atoms with Crippen molar-refractivity contribution >= 4 is 11.9 Å². The first-order valence-electron chi connectivity index (χ1n) is 14.3. The fourth-order valence-corrected chi connectivity index (χ4v) is 5.93. The van der Waals surface area contributed by atoms with Crippen LogP contribution in [-0.2, 0) is 24.2 Å². The molecule has 1 unspecified atom stereocenters. The molecule has 1 aliphatic carbocycles. The molecule has 3 aromatic carbocycles. The van der Waals surface area contributed by atoms with Crippen LogP contribution in [0.3, 0.4) is 0 Å². The molecule has 0 bridgehead atoms. The molecule has 0 radical (unpaired) electrons. The van der Waals surface area contributed by atoms with Gasteiger partial charge in [0.2, 0.25) is 0 Å². The smallest absolute Gasteiger partial charge is 0.335 e. The third kappa shape index (κ3) is 7.99. The number of benzene rings is 3. The standard InChI is InChI=1S/C35H38O5/c1-2-25-15-17-26(18-16-25)24-40-33-13-7-6-10-28(33)20-19-27(9-4-3-5-14-34(36)37)31-12-8-11-29-23-30(35(38)39)21-22-32(29)31/h1,6-7,10,13,15-18,21-23,27,31H,3-5,8-9,11-12,14,19-20,24H2,(H,36,37)(H,38,39)/t27-,31?/m0/s1. The molecular weight excluding hydrogens is 500 g/mol. The van der Waals surface area contributed by atoms with E-state index in [9.17, 15) is 14.7 Å². The van der Waals surface area contributed by atoms with Crippen molar-refractivity contribution in [3.63, 3.8) is 0 Å². The van der Waals surface area contributed by atoms with Crippen LogP contribution >= 0.6 is 0 Å². The summed E-state index contributed by atoms with van der Waals surface area (Å²) in [6.07, 6.45) is 14.2. The van der Waals surface area contributed by atoms with E-state index in [-0.39, 0.29) is 6.42 Å². The molecule has 4 rings (SSSR count). The molecule has 2 atom stereocenters. The summed E-state index contributed by atoms with van der Waals surface area (Å²) in [5.41, 5.74) is 5.88. The number of aryl methyl sites for hydroxylation is 2. The van der Waals surface area contributed by atoms with Gasteiger partial charge in [-0.15, -0.1) is 6.42 Å². The van der Waals surface area contributed by atoms with Crippen LogP contribution in [0.4, 0.5) is 0 Å². The maximum atomic E-state index is 11.6. The zero-order valence-corrected chi connectivity index (χ0v) is 23.0. The van der Waals surface area contributed by atoms with Crippen LogP contribution < -0.4 is 4.74 Å². The lowest BCUT2D eigenvalue weighted by molar-refractivity contribution is -0.137. The highest BCUT2D eigenvalue weighted by atomic mass is 16.5. The maximum absolute atomic E-state index is 11.6. The van der Waals surface area contributed by atoms with Crippen molar-refractivity contribution in [3.05, 3.63) is 100 Å². The van der Waals surface area contributed by atoms with Gasteiger partial charge in [0.15, 0.2) is 0 Å². The largest absolute Gasteiger partial charge is 0.489 e. The van der Waals surface area contributed by atoms with Gasteiger partial charge in [0.05, 0.1) is 5.56 Å². The lowest BCUT2D eigenvalue weighted by Crippen LogP contribution is -2.20. The molecule has 40 heavy (non-hydrogen) atoms. The van der Waals surface area contributed by atoms with Gasteiger partial charge in [-0.3, -0.25) is 4.79 Å². The Hall–Kier alpha value is -4.04. The Morgan fingerprint density at radius 1 is 0.975 bits per heavy atom. The monoisotopic (exact) mass is 538 g/mol. The van der Waals surface area contributed by atoms with E-state index in [1.54, 1.807) is 6.07 Å². The Bertz CT molecular complexity index is 1330. The molecule has 0 aliphatic heterocycles. The fourth-order valence-electron chi connectivity index (χ4n) is 5.93. The van der Waals surface area contributed by atoms with Crippen molar-refractivity contribution in [1.29, 1.82) is 0 Å². The number of carboxylic acids is 2. The molecule has 1 aliphatic rings. The molecule has 0 saturated carbocycles. The van der Waals surface area contributed by atoms with Crippen LogP contribution in [-0.4, -0.2) is 22.2 Å². The van der Waals surface area contributed by atoms with E-state index in [0.29, 0.717) is 30.4 Å². The summed E-state index contributed by atoms with van der Waals surface area (Å²) in [7, 11) is 0. The van der Waals surface area contributed by atoms with Crippen molar-refractivity contribution in [2.45, 2.75) is 76.7 Å². The van der Waals surface area contributed by atoms with Gasteiger partial charge in [-0.25, -0.2) is 4.79 Å². The van der Waals surface area contributed by atoms with Gasteiger partial charge >= 0.3 is 11.9 Å². The van der Waals surface area contributed by atoms with Crippen LogP contribution in [0.15, 0.2) is 66.7 Å². The van der Waals surface area contributed by atoms with Gasteiger partial charge in [-0.05, 0) is 109 Å². The van der Waals surface area contributed by atoms with Crippen molar-refractivity contribution in [3.8, 4) is 18.1 Å². The number of hydrogen-bond acceptors (Lipinski definition) is 3. The topological polar surface area (TPSA) is 83.8 Å². The van der Waals surface area contributed by atoms with E-state index in [1.807, 2.05) is 54.6 Å². The van der Waals surface area contributed by atoms with E-state index < -0.39 is 11.9 Å². The summed E-state index contributed by atoms with van der Waals surface area (Å²) in [4.78, 5) is 22.5. The molecular formula is C35H38O5. The fraction of sp³-hybridized carbons (Fsp3) is 0.371. The molecule has 2 N–H and O–H groups in total. The highest BCUT2D eigenvalue weighted by Gasteiger charge is 2.28. The molecule has 0 saturated heterocycles. The van der Waals surface area contributed by atoms with Crippen LogP contribution in [0.5, 0.6) is 5.75 Å². The molecule has 3 aromatic rings. The lowest BCUT2D eigenvalue weighted by Gasteiger charge is -2.33. The average Bonchev–Trinajstić information content (AvgIpc) is 2.97. The number of carbonyl (C=O) groups is 2. The number of carboxylic acid groups (broad SMARTS) is 2. The first kappa shape index (κ1) is 29.0. The van der Waals surface area contributed by atoms with Crippen molar-refractivity contribution in [1.82, 2.24) is 0 Å². The Morgan fingerprint density at radius 2 is 1.77 bits per heavy atom. The van der Waals surface area contributed by atoms with Gasteiger partial charge in [-0.2, -0.15) is 0 Å². The third-order valence-electron chi connectivity index (χ3n) is 8.06. The highest BCUT2D eigenvalue weighted by Crippen LogP contribution is 2.42. The van der Waals surface area contributed by atoms with Gasteiger partial charge in [0, 0.05) is 12.0 Å². The van der Waals surface area contributed by atoms with Crippen LogP contribution in [0, 0.1) is 18.3 Å². The highest BCUT2D eigenvalue weighted by molar-refractivity contribution is 5.88. The van der Waals surface area contributed by atoms with Gasteiger partial charge in [0.25, 0.3) is 0 Å². The molecule has 0 fully saturated rings. The quantitative estimate of drug-likeness (QED) is 0.163. The molecule has 0 aromatic heterocycles. The minimum Gasteiger partial charge on any atom is -0.489 e. The van der Waals surface area contributed by atoms with Crippen LogP contribution in [0.25, 0.3) is 0 Å². The summed E-state index contributed by atoms with van der Waals surface area (Å²) < 4.78 is 6.24. The Morgan fingerprint density at radius 3 is 2.52 bits per heavy atom. The second-order valence-electron chi connectivity index (χ2n) is 10.7. The SMILES string of the molecule is C#Cc1ccc(COc2ccccc2CC[C@H](CCCCCC(=O)O)C2CCCc3cc(C(=O)O)ccc32)cc1. The average molecular weight is 539 g/mol. The summed E-state index contributed by atoms with van der Waals surface area (Å²) in [5.74, 6) is 2.69. The van der Waals surface area contributed by atoms with Crippen LogP contribution in [0.1, 0.15) is 95.5 Å². The third-order valence-corrected chi connectivity index (χ3v) is 8.06. The molecule has 5 nitrogen and oxygen atoms in total. The van der Waals surface area contributed by atoms with Gasteiger partial charge in [-0.1, -0.05) is 55.2 Å². The first-order chi connectivity index (χ1) is 19.4.